The molecule has 0 bridgehead atoms. The molecule has 0 aliphatic carbocycles. The maximum Gasteiger partial charge on any atom is 0.00313 e. The molecule has 0 heterocycles. The number of aryl methyl sites for hydroxylation is 1. The van der Waals surface area contributed by atoms with E-state index in [-0.39, 0.29) is 0 Å². The predicted octanol–water partition coefficient (Wildman–Crippen LogP) is 5.34. The first-order chi connectivity index (χ1) is 8.42. The van der Waals surface area contributed by atoms with Gasteiger partial charge in [0.15, 0.2) is 0 Å². The van der Waals surface area contributed by atoms with Gasteiger partial charge >= 0.3 is 0 Å². The first kappa shape index (κ1) is 12.6. The van der Waals surface area contributed by atoms with E-state index >= 15 is 0 Å². The highest BCUT2D eigenvalue weighted by atomic mass is 79.9. The number of rotatable bonds is 6. The largest absolute Gasteiger partial charge is 0.0928 e. The molecule has 0 N–H and O–H groups in total. The summed E-state index contributed by atoms with van der Waals surface area (Å²) in [7, 11) is 0. The molecule has 17 heavy (non-hydrogen) atoms. The quantitative estimate of drug-likeness (QED) is 0.498. The van der Waals surface area contributed by atoms with Gasteiger partial charge in [-0.05, 0) is 35.6 Å². The zero-order valence-electron chi connectivity index (χ0n) is 10.2. The number of hydrogen-bond acceptors (Lipinski definition) is 0. The first-order valence-electron chi connectivity index (χ1n) is 6.44. The van der Waals surface area contributed by atoms with Crippen molar-refractivity contribution in [3.63, 3.8) is 0 Å². The summed E-state index contributed by atoms with van der Waals surface area (Å²) in [5, 5.41) is 3.93. The van der Waals surface area contributed by atoms with Gasteiger partial charge in [0.25, 0.3) is 0 Å². The predicted molar refractivity (Wildman–Crippen MR) is 79.9 cm³/mol. The Morgan fingerprint density at radius 1 is 0.765 bits per heavy atom. The third-order valence-electron chi connectivity index (χ3n) is 3.21. The van der Waals surface area contributed by atoms with Crippen LogP contribution < -0.4 is 0 Å². The van der Waals surface area contributed by atoms with Gasteiger partial charge in [0.1, 0.15) is 0 Å². The Bertz CT molecular complexity index is 457. The van der Waals surface area contributed by atoms with Gasteiger partial charge in [0.05, 0.1) is 0 Å². The van der Waals surface area contributed by atoms with Crippen LogP contribution in [0.3, 0.4) is 0 Å². The average Bonchev–Trinajstić information content (AvgIpc) is 2.39. The lowest BCUT2D eigenvalue weighted by molar-refractivity contribution is 0.673. The maximum atomic E-state index is 3.48. The first-order valence-corrected chi connectivity index (χ1v) is 7.56. The molecule has 0 aromatic heterocycles. The Kier molecular flexibility index (Phi) is 5.06. The van der Waals surface area contributed by atoms with E-state index in [9.17, 15) is 0 Å². The molecule has 0 amide bonds. The van der Waals surface area contributed by atoms with E-state index in [2.05, 4.69) is 58.4 Å². The molecule has 2 rings (SSSR count). The molecule has 1 heteroatoms. The minimum Gasteiger partial charge on any atom is -0.0928 e. The molecule has 0 radical (unpaired) electrons. The molecular formula is C16H19Br. The highest BCUT2D eigenvalue weighted by Gasteiger charge is 1.99. The maximum absolute atomic E-state index is 3.48. The number of benzene rings is 2. The van der Waals surface area contributed by atoms with E-state index in [1.165, 1.54) is 48.4 Å². The van der Waals surface area contributed by atoms with Crippen LogP contribution in [0.2, 0.25) is 0 Å². The van der Waals surface area contributed by atoms with E-state index in [4.69, 9.17) is 0 Å². The van der Waals surface area contributed by atoms with Crippen molar-refractivity contribution in [1.82, 2.24) is 0 Å². The van der Waals surface area contributed by atoms with E-state index in [1.54, 1.807) is 0 Å². The van der Waals surface area contributed by atoms with Crippen LogP contribution in [0.4, 0.5) is 0 Å². The second kappa shape index (κ2) is 6.80. The van der Waals surface area contributed by atoms with Gasteiger partial charge in [-0.2, -0.15) is 0 Å². The summed E-state index contributed by atoms with van der Waals surface area (Å²) in [6, 6.07) is 15.3. The molecule has 2 aromatic carbocycles. The molecule has 0 saturated carbocycles. The molecule has 0 spiro atoms. The molecular weight excluding hydrogens is 272 g/mol. The van der Waals surface area contributed by atoms with Gasteiger partial charge in [-0.3, -0.25) is 0 Å². The van der Waals surface area contributed by atoms with Crippen LogP contribution in [0.1, 0.15) is 31.2 Å². The molecule has 0 saturated heterocycles. The van der Waals surface area contributed by atoms with Gasteiger partial charge in [0, 0.05) is 5.33 Å². The van der Waals surface area contributed by atoms with Crippen LogP contribution in [-0.2, 0) is 6.42 Å². The number of unbranched alkanes of at least 4 members (excludes halogenated alkanes) is 3. The third-order valence-corrected chi connectivity index (χ3v) is 3.77. The minimum atomic E-state index is 1.14. The van der Waals surface area contributed by atoms with Gasteiger partial charge < -0.3 is 0 Å². The topological polar surface area (TPSA) is 0 Å². The fourth-order valence-corrected chi connectivity index (χ4v) is 2.67. The molecule has 0 atom stereocenters. The highest BCUT2D eigenvalue weighted by Crippen LogP contribution is 2.20. The normalized spacial score (nSPS) is 10.9. The summed E-state index contributed by atoms with van der Waals surface area (Å²) in [6.07, 6.45) is 6.50. The Balaban J connectivity index is 1.98. The van der Waals surface area contributed by atoms with Crippen molar-refractivity contribution in [3.05, 3.63) is 48.0 Å². The average molecular weight is 291 g/mol. The number of fused-ring (bicyclic) bond motifs is 1. The van der Waals surface area contributed by atoms with E-state index in [0.29, 0.717) is 0 Å². The summed E-state index contributed by atoms with van der Waals surface area (Å²) in [6.45, 7) is 0. The second-order valence-electron chi connectivity index (χ2n) is 4.49. The standard InChI is InChI=1S/C16H19Br/c17-13-6-2-1-3-8-14-10-7-11-15-9-4-5-12-16(14)15/h4-5,7,9-12H,1-3,6,8,13H2. The van der Waals surface area contributed by atoms with Gasteiger partial charge in [-0.15, -0.1) is 0 Å². The fourth-order valence-electron chi connectivity index (χ4n) is 2.27. The van der Waals surface area contributed by atoms with Crippen molar-refractivity contribution < 1.29 is 0 Å². The summed E-state index contributed by atoms with van der Waals surface area (Å²) >= 11 is 3.48. The van der Waals surface area contributed by atoms with Crippen LogP contribution >= 0.6 is 15.9 Å². The molecule has 2 aromatic rings. The molecule has 0 nitrogen and oxygen atoms in total. The Morgan fingerprint density at radius 2 is 1.53 bits per heavy atom. The van der Waals surface area contributed by atoms with E-state index in [1.807, 2.05) is 0 Å². The minimum absolute atomic E-state index is 1.14. The third kappa shape index (κ3) is 3.57. The Morgan fingerprint density at radius 3 is 2.41 bits per heavy atom. The Hall–Kier alpha value is -0.820. The molecule has 90 valence electrons. The van der Waals surface area contributed by atoms with Crippen LogP contribution in [0.25, 0.3) is 10.8 Å². The van der Waals surface area contributed by atoms with Crippen molar-refractivity contribution in [2.75, 3.05) is 5.33 Å². The van der Waals surface area contributed by atoms with Crippen molar-refractivity contribution in [2.24, 2.45) is 0 Å². The lowest BCUT2D eigenvalue weighted by Crippen LogP contribution is -1.88. The van der Waals surface area contributed by atoms with Gasteiger partial charge in [-0.25, -0.2) is 0 Å². The monoisotopic (exact) mass is 290 g/mol. The zero-order valence-corrected chi connectivity index (χ0v) is 11.7. The summed E-state index contributed by atoms with van der Waals surface area (Å²) in [4.78, 5) is 0. The molecule has 0 aliphatic rings. The molecule has 0 aliphatic heterocycles. The van der Waals surface area contributed by atoms with Crippen LogP contribution in [-0.4, -0.2) is 5.33 Å². The van der Waals surface area contributed by atoms with Crippen LogP contribution in [0.15, 0.2) is 42.5 Å². The van der Waals surface area contributed by atoms with E-state index in [0.717, 1.165) is 5.33 Å². The van der Waals surface area contributed by atoms with Crippen molar-refractivity contribution in [2.45, 2.75) is 32.1 Å². The lowest BCUT2D eigenvalue weighted by Gasteiger charge is -2.06. The summed E-state index contributed by atoms with van der Waals surface area (Å²) in [5.41, 5.74) is 1.50. The second-order valence-corrected chi connectivity index (χ2v) is 5.28. The number of alkyl halides is 1. The summed E-state index contributed by atoms with van der Waals surface area (Å²) < 4.78 is 0. The van der Waals surface area contributed by atoms with Crippen LogP contribution in [0, 0.1) is 0 Å². The number of hydrogen-bond donors (Lipinski definition) is 0. The zero-order chi connectivity index (χ0) is 11.9. The molecule has 0 unspecified atom stereocenters. The van der Waals surface area contributed by atoms with Gasteiger partial charge in [0.2, 0.25) is 0 Å². The smallest absolute Gasteiger partial charge is 0.00313 e. The lowest BCUT2D eigenvalue weighted by atomic mass is 9.99. The van der Waals surface area contributed by atoms with Gasteiger partial charge in [-0.1, -0.05) is 71.2 Å². The highest BCUT2D eigenvalue weighted by molar-refractivity contribution is 9.09. The van der Waals surface area contributed by atoms with Crippen molar-refractivity contribution in [3.8, 4) is 0 Å². The number of halogens is 1. The summed E-state index contributed by atoms with van der Waals surface area (Å²) in [5.74, 6) is 0. The molecule has 0 fully saturated rings. The Labute approximate surface area is 112 Å². The van der Waals surface area contributed by atoms with Crippen molar-refractivity contribution in [1.29, 1.82) is 0 Å². The fraction of sp³-hybridized carbons (Fsp3) is 0.375. The van der Waals surface area contributed by atoms with E-state index < -0.39 is 0 Å². The van der Waals surface area contributed by atoms with Crippen LogP contribution in [0.5, 0.6) is 0 Å². The van der Waals surface area contributed by atoms with Crippen molar-refractivity contribution >= 4 is 26.7 Å². The SMILES string of the molecule is BrCCCCCCc1cccc2ccccc12.